The van der Waals surface area contributed by atoms with Crippen molar-refractivity contribution in [2.45, 2.75) is 24.9 Å². The first-order valence-electron chi connectivity index (χ1n) is 5.91. The van der Waals surface area contributed by atoms with Crippen molar-refractivity contribution in [3.05, 3.63) is 45.0 Å². The van der Waals surface area contributed by atoms with Crippen LogP contribution in [0.3, 0.4) is 0 Å². The quantitative estimate of drug-likeness (QED) is 0.927. The molecule has 1 saturated carbocycles. The van der Waals surface area contributed by atoms with Crippen molar-refractivity contribution >= 4 is 11.6 Å². The van der Waals surface area contributed by atoms with Gasteiger partial charge in [-0.25, -0.2) is 4.98 Å². The summed E-state index contributed by atoms with van der Waals surface area (Å²) in [5.74, 6) is 0.286. The van der Waals surface area contributed by atoms with Gasteiger partial charge in [0.2, 0.25) is 0 Å². The molecule has 2 aromatic heterocycles. The average molecular weight is 304 g/mol. The molecule has 1 fully saturated rings. The fraction of sp³-hybridized carbons (Fsp3) is 0.333. The second kappa shape index (κ2) is 4.37. The Hall–Kier alpha value is -1.76. The van der Waals surface area contributed by atoms with Crippen LogP contribution in [0.25, 0.3) is 5.82 Å². The topological polar surface area (TPSA) is 50.7 Å². The molecule has 0 saturated heterocycles. The van der Waals surface area contributed by atoms with E-state index < -0.39 is 11.7 Å². The zero-order valence-corrected chi connectivity index (χ0v) is 10.8. The summed E-state index contributed by atoms with van der Waals surface area (Å²) < 4.78 is 38.6. The molecular formula is C12H9ClF3N3O. The summed E-state index contributed by atoms with van der Waals surface area (Å²) in [5.41, 5.74) is -0.581. The van der Waals surface area contributed by atoms with Crippen LogP contribution in [0.5, 0.6) is 0 Å². The molecule has 0 unspecified atom stereocenters. The third-order valence-corrected chi connectivity index (χ3v) is 3.40. The summed E-state index contributed by atoms with van der Waals surface area (Å²) in [6.45, 7) is 0. The van der Waals surface area contributed by atoms with Crippen molar-refractivity contribution in [2.24, 2.45) is 0 Å². The second-order valence-electron chi connectivity index (χ2n) is 4.69. The Balaban J connectivity index is 2.04. The first kappa shape index (κ1) is 13.2. The van der Waals surface area contributed by atoms with E-state index in [1.54, 1.807) is 0 Å². The third-order valence-electron chi connectivity index (χ3n) is 3.12. The van der Waals surface area contributed by atoms with Gasteiger partial charge in [-0.3, -0.25) is 9.89 Å². The largest absolute Gasteiger partial charge is 0.417 e. The zero-order chi connectivity index (χ0) is 14.5. The van der Waals surface area contributed by atoms with E-state index in [4.69, 9.17) is 11.6 Å². The van der Waals surface area contributed by atoms with Crippen molar-refractivity contribution in [1.82, 2.24) is 14.8 Å². The maximum absolute atomic E-state index is 12.5. The highest BCUT2D eigenvalue weighted by Crippen LogP contribution is 2.38. The van der Waals surface area contributed by atoms with Crippen molar-refractivity contribution in [1.29, 1.82) is 0 Å². The lowest BCUT2D eigenvalue weighted by Gasteiger charge is -2.09. The van der Waals surface area contributed by atoms with Crippen LogP contribution in [0.15, 0.2) is 23.1 Å². The Bertz CT molecular complexity index is 715. The molecule has 0 aliphatic heterocycles. The maximum Gasteiger partial charge on any atom is 0.417 e. The number of hydrogen-bond donors (Lipinski definition) is 1. The van der Waals surface area contributed by atoms with Crippen LogP contribution in [-0.4, -0.2) is 14.8 Å². The van der Waals surface area contributed by atoms with Crippen molar-refractivity contribution in [3.63, 3.8) is 0 Å². The molecule has 106 valence electrons. The molecule has 8 heteroatoms. The molecule has 20 heavy (non-hydrogen) atoms. The van der Waals surface area contributed by atoms with Gasteiger partial charge in [0, 0.05) is 23.9 Å². The molecule has 1 aliphatic rings. The number of hydrogen-bond acceptors (Lipinski definition) is 2. The number of alkyl halides is 3. The van der Waals surface area contributed by atoms with Crippen LogP contribution in [0.1, 0.15) is 30.0 Å². The van der Waals surface area contributed by atoms with E-state index >= 15 is 0 Å². The van der Waals surface area contributed by atoms with Crippen LogP contribution in [-0.2, 0) is 6.18 Å². The van der Waals surface area contributed by atoms with E-state index in [1.165, 1.54) is 6.07 Å². The Kier molecular flexibility index (Phi) is 2.89. The predicted octanol–water partition coefficient (Wildman–Crippen LogP) is 3.11. The number of halogens is 4. The number of nitrogens with zero attached hydrogens (tertiary/aromatic N) is 2. The lowest BCUT2D eigenvalue weighted by atomic mass is 10.3. The first-order chi connectivity index (χ1) is 9.36. The highest BCUT2D eigenvalue weighted by Gasteiger charge is 2.32. The molecule has 1 N–H and O–H groups in total. The highest BCUT2D eigenvalue weighted by molar-refractivity contribution is 6.32. The van der Waals surface area contributed by atoms with Crippen LogP contribution < -0.4 is 5.56 Å². The standard InChI is InChI=1S/C12H9ClF3N3O/c13-8-3-7(12(14,15)16)5-17-11(8)19-10(20)4-9(18-19)6-1-2-6/h3-6,18H,1-2H2. The van der Waals surface area contributed by atoms with Crippen molar-refractivity contribution < 1.29 is 13.2 Å². The minimum atomic E-state index is -4.52. The minimum Gasteiger partial charge on any atom is -0.293 e. The summed E-state index contributed by atoms with van der Waals surface area (Å²) in [6, 6.07) is 2.18. The molecule has 0 bridgehead atoms. The number of rotatable bonds is 2. The van der Waals surface area contributed by atoms with Crippen molar-refractivity contribution in [2.75, 3.05) is 0 Å². The van der Waals surface area contributed by atoms with Gasteiger partial charge in [0.1, 0.15) is 0 Å². The van der Waals surface area contributed by atoms with Gasteiger partial charge in [-0.1, -0.05) is 11.6 Å². The minimum absolute atomic E-state index is 0.0310. The smallest absolute Gasteiger partial charge is 0.293 e. The van der Waals surface area contributed by atoms with E-state index in [-0.39, 0.29) is 16.4 Å². The third kappa shape index (κ3) is 2.33. The number of pyridine rings is 1. The lowest BCUT2D eigenvalue weighted by molar-refractivity contribution is -0.137. The number of H-pyrrole nitrogens is 1. The molecule has 0 spiro atoms. The van der Waals surface area contributed by atoms with Crippen LogP contribution in [0.4, 0.5) is 13.2 Å². The molecule has 2 aromatic rings. The molecular weight excluding hydrogens is 295 g/mol. The monoisotopic (exact) mass is 303 g/mol. The lowest BCUT2D eigenvalue weighted by Crippen LogP contribution is -2.16. The van der Waals surface area contributed by atoms with Gasteiger partial charge >= 0.3 is 6.18 Å². The number of nitrogens with one attached hydrogen (secondary N) is 1. The SMILES string of the molecule is O=c1cc(C2CC2)[nH]n1-c1ncc(C(F)(F)F)cc1Cl. The fourth-order valence-corrected chi connectivity index (χ4v) is 2.18. The summed E-state index contributed by atoms with van der Waals surface area (Å²) >= 11 is 5.80. The van der Waals surface area contributed by atoms with E-state index in [9.17, 15) is 18.0 Å². The van der Waals surface area contributed by atoms with Crippen LogP contribution in [0.2, 0.25) is 5.02 Å². The molecule has 3 rings (SSSR count). The van der Waals surface area contributed by atoms with E-state index in [2.05, 4.69) is 10.1 Å². The maximum atomic E-state index is 12.5. The van der Waals surface area contributed by atoms with E-state index in [1.807, 2.05) is 0 Å². The number of aromatic amines is 1. The summed E-state index contributed by atoms with van der Waals surface area (Å²) in [7, 11) is 0. The zero-order valence-electron chi connectivity index (χ0n) is 10.0. The fourth-order valence-electron chi connectivity index (χ4n) is 1.93. The molecule has 2 heterocycles. The Morgan fingerprint density at radius 3 is 2.60 bits per heavy atom. The van der Waals surface area contributed by atoms with Gasteiger partial charge in [-0.15, -0.1) is 0 Å². The molecule has 4 nitrogen and oxygen atoms in total. The molecule has 0 atom stereocenters. The van der Waals surface area contributed by atoms with Crippen molar-refractivity contribution in [3.8, 4) is 5.82 Å². The molecule has 0 radical (unpaired) electrons. The normalized spacial score (nSPS) is 15.6. The van der Waals surface area contributed by atoms with Gasteiger partial charge < -0.3 is 0 Å². The average Bonchev–Trinajstić information content (AvgIpc) is 3.12. The Morgan fingerprint density at radius 2 is 2.05 bits per heavy atom. The summed E-state index contributed by atoms with van der Waals surface area (Å²) in [5, 5.41) is 2.60. The van der Waals surface area contributed by atoms with Gasteiger partial charge in [0.05, 0.1) is 10.6 Å². The number of aromatic nitrogens is 3. The van der Waals surface area contributed by atoms with Gasteiger partial charge in [0.25, 0.3) is 5.56 Å². The highest BCUT2D eigenvalue weighted by atomic mass is 35.5. The van der Waals surface area contributed by atoms with E-state index in [0.717, 1.165) is 29.3 Å². The summed E-state index contributed by atoms with van der Waals surface area (Å²) in [4.78, 5) is 15.5. The molecule has 0 amide bonds. The van der Waals surface area contributed by atoms with E-state index in [0.29, 0.717) is 12.1 Å². The van der Waals surface area contributed by atoms with Gasteiger partial charge in [-0.2, -0.15) is 17.9 Å². The second-order valence-corrected chi connectivity index (χ2v) is 5.09. The predicted molar refractivity (Wildman–Crippen MR) is 66.2 cm³/mol. The van der Waals surface area contributed by atoms with Crippen LogP contribution in [0, 0.1) is 0 Å². The van der Waals surface area contributed by atoms with Gasteiger partial charge in [-0.05, 0) is 18.9 Å². The molecule has 1 aliphatic carbocycles. The molecule has 0 aromatic carbocycles. The Morgan fingerprint density at radius 1 is 1.35 bits per heavy atom. The summed E-state index contributed by atoms with van der Waals surface area (Å²) in [6.07, 6.45) is -1.87. The first-order valence-corrected chi connectivity index (χ1v) is 6.29. The Labute approximate surface area is 116 Å². The van der Waals surface area contributed by atoms with Gasteiger partial charge in [0.15, 0.2) is 5.82 Å². The van der Waals surface area contributed by atoms with Crippen LogP contribution >= 0.6 is 11.6 Å².